The van der Waals surface area contributed by atoms with E-state index in [1.165, 1.54) is 17.0 Å². The zero-order valence-corrected chi connectivity index (χ0v) is 25.2. The van der Waals surface area contributed by atoms with Crippen molar-refractivity contribution < 1.29 is 18.0 Å². The fourth-order valence-electron chi connectivity index (χ4n) is 5.37. The maximum absolute atomic E-state index is 13.7. The molecule has 1 saturated carbocycles. The highest BCUT2D eigenvalue weighted by Gasteiger charge is 2.31. The fraction of sp³-hybridized carbons (Fsp3) is 0.533. The van der Waals surface area contributed by atoms with E-state index in [1.807, 2.05) is 57.2 Å². The second kappa shape index (κ2) is 14.2. The number of aryl methyl sites for hydroxylation is 2. The van der Waals surface area contributed by atoms with Crippen LogP contribution in [0.3, 0.4) is 0 Å². The number of amides is 2. The summed E-state index contributed by atoms with van der Waals surface area (Å²) in [5.41, 5.74) is 3.30. The van der Waals surface area contributed by atoms with Gasteiger partial charge in [-0.1, -0.05) is 62.1 Å². The molecule has 0 aromatic heterocycles. The number of nitrogens with zero attached hydrogens (tertiary/aromatic N) is 2. The second-order valence-corrected chi connectivity index (χ2v) is 13.0. The molecule has 0 saturated heterocycles. The molecule has 1 atom stereocenters. The number of hydrogen-bond acceptors (Lipinski definition) is 4. The molecule has 1 N–H and O–H groups in total. The van der Waals surface area contributed by atoms with E-state index in [-0.39, 0.29) is 37.4 Å². The zero-order valence-electron chi connectivity index (χ0n) is 23.6. The van der Waals surface area contributed by atoms with E-state index in [0.717, 1.165) is 42.4 Å². The Morgan fingerprint density at radius 1 is 1.05 bits per heavy atom. The predicted molar refractivity (Wildman–Crippen MR) is 158 cm³/mol. The third kappa shape index (κ3) is 8.97. The Hall–Kier alpha value is -2.58. The Labute approximate surface area is 239 Å². The molecule has 1 aliphatic rings. The molecule has 1 unspecified atom stereocenters. The average molecular weight is 576 g/mol. The molecule has 9 heteroatoms. The number of nitrogens with one attached hydrogen (secondary N) is 1. The number of benzene rings is 2. The molecule has 0 aliphatic heterocycles. The van der Waals surface area contributed by atoms with E-state index in [0.29, 0.717) is 23.6 Å². The van der Waals surface area contributed by atoms with Gasteiger partial charge < -0.3 is 10.2 Å². The number of anilines is 1. The Bertz CT molecular complexity index is 1220. The molecule has 39 heavy (non-hydrogen) atoms. The minimum Gasteiger partial charge on any atom is -0.352 e. The third-order valence-electron chi connectivity index (χ3n) is 7.28. The summed E-state index contributed by atoms with van der Waals surface area (Å²) in [6, 6.07) is 12.5. The molecule has 1 aliphatic carbocycles. The third-order valence-corrected chi connectivity index (χ3v) is 8.85. The number of carbonyl (C=O) groups excluding carboxylic acids is 2. The van der Waals surface area contributed by atoms with Gasteiger partial charge in [0.25, 0.3) is 0 Å². The summed E-state index contributed by atoms with van der Waals surface area (Å²) in [6.07, 6.45) is 7.37. The number of sulfonamides is 1. The van der Waals surface area contributed by atoms with E-state index in [1.54, 1.807) is 11.0 Å². The van der Waals surface area contributed by atoms with E-state index in [4.69, 9.17) is 11.6 Å². The van der Waals surface area contributed by atoms with Gasteiger partial charge in [0.05, 0.1) is 11.9 Å². The molecule has 0 bridgehead atoms. The molecule has 1 fully saturated rings. The lowest BCUT2D eigenvalue weighted by atomic mass is 9.95. The molecule has 0 heterocycles. The standard InChI is InChI=1S/C30H42ClN3O4S/c1-5-28(30(36)32-25-13-7-6-8-14-25)33(21-24-12-9-10-15-27(24)31)29(35)16-11-17-34(39(4,37)38)26-19-22(2)18-23(3)20-26/h9-10,12,15,18-20,25,28H,5-8,11,13-14,16-17,21H2,1-4H3,(H,32,36). The predicted octanol–water partition coefficient (Wildman–Crippen LogP) is 5.76. The molecule has 0 radical (unpaired) electrons. The van der Waals surface area contributed by atoms with Gasteiger partial charge >= 0.3 is 0 Å². The van der Waals surface area contributed by atoms with Gasteiger partial charge in [0.15, 0.2) is 0 Å². The van der Waals surface area contributed by atoms with Crippen LogP contribution in [0.2, 0.25) is 5.02 Å². The van der Waals surface area contributed by atoms with E-state index >= 15 is 0 Å². The summed E-state index contributed by atoms with van der Waals surface area (Å²) in [5.74, 6) is -0.341. The molecule has 2 aromatic carbocycles. The SMILES string of the molecule is CCC(C(=O)NC1CCCCC1)N(Cc1ccccc1Cl)C(=O)CCCN(c1cc(C)cc(C)c1)S(C)(=O)=O. The highest BCUT2D eigenvalue weighted by molar-refractivity contribution is 7.92. The van der Waals surface area contributed by atoms with Crippen molar-refractivity contribution in [3.8, 4) is 0 Å². The number of carbonyl (C=O) groups is 2. The van der Waals surface area contributed by atoms with Crippen molar-refractivity contribution in [3.63, 3.8) is 0 Å². The van der Waals surface area contributed by atoms with Gasteiger partial charge in [-0.3, -0.25) is 13.9 Å². The topological polar surface area (TPSA) is 86.8 Å². The van der Waals surface area contributed by atoms with Crippen molar-refractivity contribution in [3.05, 3.63) is 64.2 Å². The minimum absolute atomic E-state index is 0.106. The first-order chi connectivity index (χ1) is 18.5. The first kappa shape index (κ1) is 31.0. The van der Waals surface area contributed by atoms with Gasteiger partial charge in [0.2, 0.25) is 21.8 Å². The van der Waals surface area contributed by atoms with E-state index in [2.05, 4.69) is 5.32 Å². The fourth-order valence-corrected chi connectivity index (χ4v) is 6.52. The van der Waals surface area contributed by atoms with Crippen LogP contribution in [0.5, 0.6) is 0 Å². The normalized spacial score (nSPS) is 15.0. The van der Waals surface area contributed by atoms with Gasteiger partial charge in [0.1, 0.15) is 6.04 Å². The summed E-state index contributed by atoms with van der Waals surface area (Å²) in [5, 5.41) is 3.72. The molecular weight excluding hydrogens is 534 g/mol. The monoisotopic (exact) mass is 575 g/mol. The summed E-state index contributed by atoms with van der Waals surface area (Å²) >= 11 is 6.43. The average Bonchev–Trinajstić information content (AvgIpc) is 2.86. The lowest BCUT2D eigenvalue weighted by Gasteiger charge is -2.33. The van der Waals surface area contributed by atoms with Gasteiger partial charge in [-0.2, -0.15) is 0 Å². The first-order valence-corrected chi connectivity index (χ1v) is 16.1. The molecule has 2 amide bonds. The van der Waals surface area contributed by atoms with Crippen molar-refractivity contribution in [2.45, 2.75) is 90.8 Å². The molecule has 7 nitrogen and oxygen atoms in total. The Kier molecular flexibility index (Phi) is 11.2. The van der Waals surface area contributed by atoms with Crippen LogP contribution in [-0.2, 0) is 26.2 Å². The van der Waals surface area contributed by atoms with E-state index < -0.39 is 16.1 Å². The highest BCUT2D eigenvalue weighted by Crippen LogP contribution is 2.24. The van der Waals surface area contributed by atoms with Crippen molar-refractivity contribution in [2.24, 2.45) is 0 Å². The van der Waals surface area contributed by atoms with Crippen LogP contribution in [0, 0.1) is 13.8 Å². The van der Waals surface area contributed by atoms with Gasteiger partial charge in [-0.15, -0.1) is 0 Å². The summed E-state index contributed by atoms with van der Waals surface area (Å²) < 4.78 is 26.6. The summed E-state index contributed by atoms with van der Waals surface area (Å²) in [7, 11) is -3.55. The van der Waals surface area contributed by atoms with Gasteiger partial charge in [0, 0.05) is 30.6 Å². The maximum atomic E-state index is 13.7. The smallest absolute Gasteiger partial charge is 0.243 e. The van der Waals surface area contributed by atoms with Crippen molar-refractivity contribution in [1.29, 1.82) is 0 Å². The van der Waals surface area contributed by atoms with Gasteiger partial charge in [-0.05, 0) is 74.4 Å². The maximum Gasteiger partial charge on any atom is 0.243 e. The van der Waals surface area contributed by atoms with Crippen LogP contribution >= 0.6 is 11.6 Å². The lowest BCUT2D eigenvalue weighted by molar-refractivity contribution is -0.141. The number of hydrogen-bond donors (Lipinski definition) is 1. The molecule has 214 valence electrons. The van der Waals surface area contributed by atoms with Crippen LogP contribution in [-0.4, -0.2) is 50.0 Å². The van der Waals surface area contributed by atoms with E-state index in [9.17, 15) is 18.0 Å². The van der Waals surface area contributed by atoms with Crippen LogP contribution in [0.1, 0.15) is 75.0 Å². The van der Waals surface area contributed by atoms with Crippen LogP contribution in [0.25, 0.3) is 0 Å². The molecular formula is C30H42ClN3O4S. The van der Waals surface area contributed by atoms with Crippen molar-refractivity contribution >= 4 is 39.1 Å². The molecule has 2 aromatic rings. The van der Waals surface area contributed by atoms with Crippen LogP contribution in [0.15, 0.2) is 42.5 Å². The first-order valence-electron chi connectivity index (χ1n) is 13.9. The Morgan fingerprint density at radius 3 is 2.28 bits per heavy atom. The zero-order chi connectivity index (χ0) is 28.6. The second-order valence-electron chi connectivity index (χ2n) is 10.7. The number of rotatable bonds is 12. The van der Waals surface area contributed by atoms with Crippen LogP contribution < -0.4 is 9.62 Å². The molecule has 0 spiro atoms. The minimum atomic E-state index is -3.55. The van der Waals surface area contributed by atoms with Crippen molar-refractivity contribution in [1.82, 2.24) is 10.2 Å². The Morgan fingerprint density at radius 2 is 1.69 bits per heavy atom. The lowest BCUT2D eigenvalue weighted by Crippen LogP contribution is -2.51. The quantitative estimate of drug-likeness (QED) is 0.349. The summed E-state index contributed by atoms with van der Waals surface area (Å²) in [6.45, 7) is 6.14. The summed E-state index contributed by atoms with van der Waals surface area (Å²) in [4.78, 5) is 28.7. The largest absolute Gasteiger partial charge is 0.352 e. The molecule has 3 rings (SSSR count). The van der Waals surface area contributed by atoms with Crippen LogP contribution in [0.4, 0.5) is 5.69 Å². The Balaban J connectivity index is 1.78. The highest BCUT2D eigenvalue weighted by atomic mass is 35.5. The number of halogens is 1. The van der Waals surface area contributed by atoms with Crippen molar-refractivity contribution in [2.75, 3.05) is 17.1 Å². The van der Waals surface area contributed by atoms with Gasteiger partial charge in [-0.25, -0.2) is 8.42 Å².